The first-order chi connectivity index (χ1) is 9.85. The number of hydrogen-bond donors (Lipinski definition) is 1. The van der Waals surface area contributed by atoms with Crippen molar-refractivity contribution in [2.75, 3.05) is 11.4 Å². The predicted octanol–water partition coefficient (Wildman–Crippen LogP) is 2.52. The van der Waals surface area contributed by atoms with Gasteiger partial charge in [0, 0.05) is 7.05 Å². The van der Waals surface area contributed by atoms with Gasteiger partial charge in [-0.2, -0.15) is 0 Å². The Morgan fingerprint density at radius 3 is 2.24 bits per heavy atom. The number of nitrogens with zero attached hydrogens (tertiary/aromatic N) is 1. The topological polar surface area (TPSA) is 74.7 Å². The van der Waals surface area contributed by atoms with Crippen LogP contribution < -0.4 is 4.31 Å². The summed E-state index contributed by atoms with van der Waals surface area (Å²) in [7, 11) is -2.46. The third kappa shape index (κ3) is 2.75. The Bertz CT molecular complexity index is 784. The molecule has 0 aliphatic rings. The van der Waals surface area contributed by atoms with Crippen molar-refractivity contribution in [1.29, 1.82) is 0 Å². The molecule has 0 aromatic heterocycles. The predicted molar refractivity (Wildman–Crippen MR) is 80.2 cm³/mol. The summed E-state index contributed by atoms with van der Waals surface area (Å²) in [4.78, 5) is 11.4. The Balaban J connectivity index is 2.57. The highest BCUT2D eigenvalue weighted by molar-refractivity contribution is 7.92. The van der Waals surface area contributed by atoms with E-state index in [-0.39, 0.29) is 16.1 Å². The summed E-state index contributed by atoms with van der Waals surface area (Å²) in [5, 5.41) is 9.18. The second kappa shape index (κ2) is 5.57. The van der Waals surface area contributed by atoms with Gasteiger partial charge in [0.2, 0.25) is 0 Å². The fourth-order valence-electron chi connectivity index (χ4n) is 2.05. The number of para-hydroxylation sites is 1. The van der Waals surface area contributed by atoms with Crippen molar-refractivity contribution in [2.45, 2.75) is 11.8 Å². The molecule has 2 aromatic carbocycles. The van der Waals surface area contributed by atoms with Gasteiger partial charge in [0.05, 0.1) is 16.1 Å². The number of hydrogen-bond acceptors (Lipinski definition) is 3. The molecule has 2 aromatic rings. The molecular formula is C15H15NO4S. The Hall–Kier alpha value is -2.34. The van der Waals surface area contributed by atoms with E-state index in [9.17, 15) is 18.3 Å². The van der Waals surface area contributed by atoms with E-state index >= 15 is 0 Å². The lowest BCUT2D eigenvalue weighted by atomic mass is 10.2. The van der Waals surface area contributed by atoms with Crippen molar-refractivity contribution in [1.82, 2.24) is 0 Å². The Labute approximate surface area is 123 Å². The van der Waals surface area contributed by atoms with E-state index in [4.69, 9.17) is 0 Å². The molecule has 0 amide bonds. The highest BCUT2D eigenvalue weighted by Crippen LogP contribution is 2.26. The molecular weight excluding hydrogens is 290 g/mol. The quantitative estimate of drug-likeness (QED) is 0.942. The minimum absolute atomic E-state index is 0.0582. The average Bonchev–Trinajstić information content (AvgIpc) is 2.46. The van der Waals surface area contributed by atoms with Gasteiger partial charge in [0.15, 0.2) is 0 Å². The maximum atomic E-state index is 12.7. The van der Waals surface area contributed by atoms with Crippen molar-refractivity contribution < 1.29 is 18.3 Å². The van der Waals surface area contributed by atoms with E-state index in [0.717, 1.165) is 4.31 Å². The van der Waals surface area contributed by atoms with E-state index in [1.807, 2.05) is 0 Å². The fourth-order valence-corrected chi connectivity index (χ4v) is 3.49. The van der Waals surface area contributed by atoms with E-state index in [2.05, 4.69) is 0 Å². The van der Waals surface area contributed by atoms with Crippen molar-refractivity contribution in [3.63, 3.8) is 0 Å². The Kier molecular flexibility index (Phi) is 3.99. The SMILES string of the molecule is Cc1ccccc1S(=O)(=O)N(C)c1ccccc1C(=O)O. The van der Waals surface area contributed by atoms with Crippen LogP contribution in [-0.4, -0.2) is 26.5 Å². The van der Waals surface area contributed by atoms with E-state index in [0.29, 0.717) is 5.56 Å². The first-order valence-electron chi connectivity index (χ1n) is 6.22. The minimum atomic E-state index is -3.81. The van der Waals surface area contributed by atoms with Crippen LogP contribution in [0.25, 0.3) is 0 Å². The molecule has 0 aliphatic carbocycles. The number of carboxylic acids is 1. The summed E-state index contributed by atoms with van der Waals surface area (Å²) in [5.41, 5.74) is 0.683. The number of rotatable bonds is 4. The molecule has 0 radical (unpaired) electrons. The summed E-state index contributed by atoms with van der Waals surface area (Å²) in [6.07, 6.45) is 0. The lowest BCUT2D eigenvalue weighted by Crippen LogP contribution is -2.28. The molecule has 0 fully saturated rings. The smallest absolute Gasteiger partial charge is 0.337 e. The summed E-state index contributed by atoms with van der Waals surface area (Å²) in [6.45, 7) is 1.70. The molecule has 2 rings (SSSR count). The van der Waals surface area contributed by atoms with E-state index in [1.165, 1.54) is 25.2 Å². The summed E-state index contributed by atoms with van der Waals surface area (Å²) in [5.74, 6) is -1.17. The molecule has 0 aliphatic heterocycles. The number of aryl methyl sites for hydroxylation is 1. The third-order valence-corrected chi connectivity index (χ3v) is 5.14. The van der Waals surface area contributed by atoms with Crippen molar-refractivity contribution in [2.24, 2.45) is 0 Å². The standard InChI is InChI=1S/C15H15NO4S/c1-11-7-3-6-10-14(11)21(19,20)16(2)13-9-5-4-8-12(13)15(17)18/h3-10H,1-2H3,(H,17,18). The number of carboxylic acid groups (broad SMARTS) is 1. The summed E-state index contributed by atoms with van der Waals surface area (Å²) >= 11 is 0. The van der Waals surface area contributed by atoms with Crippen LogP contribution in [0.4, 0.5) is 5.69 Å². The van der Waals surface area contributed by atoms with Gasteiger partial charge < -0.3 is 5.11 Å². The van der Waals surface area contributed by atoms with E-state index < -0.39 is 16.0 Å². The zero-order valence-electron chi connectivity index (χ0n) is 11.6. The molecule has 6 heteroatoms. The zero-order chi connectivity index (χ0) is 15.6. The van der Waals surface area contributed by atoms with Crippen LogP contribution >= 0.6 is 0 Å². The zero-order valence-corrected chi connectivity index (χ0v) is 12.5. The lowest BCUT2D eigenvalue weighted by Gasteiger charge is -2.22. The van der Waals surface area contributed by atoms with Crippen LogP contribution in [-0.2, 0) is 10.0 Å². The molecule has 0 saturated carbocycles. The number of aromatic carboxylic acids is 1. The first-order valence-corrected chi connectivity index (χ1v) is 7.66. The third-order valence-electron chi connectivity index (χ3n) is 3.21. The van der Waals surface area contributed by atoms with Gasteiger partial charge in [-0.25, -0.2) is 13.2 Å². The molecule has 0 bridgehead atoms. The fraction of sp³-hybridized carbons (Fsp3) is 0.133. The van der Waals surface area contributed by atoms with Gasteiger partial charge in [-0.05, 0) is 30.7 Å². The normalized spacial score (nSPS) is 11.1. The van der Waals surface area contributed by atoms with Crippen LogP contribution in [0.2, 0.25) is 0 Å². The number of carbonyl (C=O) groups is 1. The Morgan fingerprint density at radius 1 is 1.05 bits per heavy atom. The van der Waals surface area contributed by atoms with Crippen molar-refractivity contribution in [3.05, 3.63) is 59.7 Å². The van der Waals surface area contributed by atoms with Gasteiger partial charge in [0.1, 0.15) is 0 Å². The molecule has 110 valence electrons. The van der Waals surface area contributed by atoms with Crippen LogP contribution in [0.3, 0.4) is 0 Å². The van der Waals surface area contributed by atoms with E-state index in [1.54, 1.807) is 37.3 Å². The second-order valence-electron chi connectivity index (χ2n) is 4.56. The monoisotopic (exact) mass is 305 g/mol. The van der Waals surface area contributed by atoms with Crippen LogP contribution in [0.1, 0.15) is 15.9 Å². The highest BCUT2D eigenvalue weighted by Gasteiger charge is 2.25. The number of sulfonamides is 1. The molecule has 21 heavy (non-hydrogen) atoms. The van der Waals surface area contributed by atoms with Gasteiger partial charge in [-0.3, -0.25) is 4.31 Å². The van der Waals surface area contributed by atoms with Gasteiger partial charge in [-0.15, -0.1) is 0 Å². The van der Waals surface area contributed by atoms with Gasteiger partial charge >= 0.3 is 5.97 Å². The lowest BCUT2D eigenvalue weighted by molar-refractivity contribution is 0.0698. The van der Waals surface area contributed by atoms with Crippen LogP contribution in [0, 0.1) is 6.92 Å². The Morgan fingerprint density at radius 2 is 1.62 bits per heavy atom. The van der Waals surface area contributed by atoms with Crippen molar-refractivity contribution >= 4 is 21.7 Å². The minimum Gasteiger partial charge on any atom is -0.478 e. The van der Waals surface area contributed by atoms with Gasteiger partial charge in [0.25, 0.3) is 10.0 Å². The largest absolute Gasteiger partial charge is 0.478 e. The number of benzene rings is 2. The van der Waals surface area contributed by atoms with Crippen LogP contribution in [0.15, 0.2) is 53.4 Å². The molecule has 0 unspecified atom stereocenters. The maximum absolute atomic E-state index is 12.7. The average molecular weight is 305 g/mol. The molecule has 0 atom stereocenters. The number of anilines is 1. The molecule has 1 N–H and O–H groups in total. The van der Waals surface area contributed by atoms with Gasteiger partial charge in [-0.1, -0.05) is 30.3 Å². The second-order valence-corrected chi connectivity index (χ2v) is 6.50. The summed E-state index contributed by atoms with van der Waals surface area (Å²) < 4.78 is 26.3. The molecule has 5 nitrogen and oxygen atoms in total. The molecule has 0 heterocycles. The molecule has 0 saturated heterocycles. The highest BCUT2D eigenvalue weighted by atomic mass is 32.2. The first kappa shape index (κ1) is 15.1. The summed E-state index contributed by atoms with van der Waals surface area (Å²) in [6, 6.07) is 12.6. The molecule has 0 spiro atoms. The van der Waals surface area contributed by atoms with Crippen LogP contribution in [0.5, 0.6) is 0 Å². The van der Waals surface area contributed by atoms with Crippen molar-refractivity contribution in [3.8, 4) is 0 Å². The maximum Gasteiger partial charge on any atom is 0.337 e.